The van der Waals surface area contributed by atoms with Crippen LogP contribution in [-0.2, 0) is 14.3 Å². The van der Waals surface area contributed by atoms with Gasteiger partial charge in [0, 0.05) is 6.20 Å². The molecule has 1 aromatic heterocycles. The molecule has 0 amide bonds. The number of aliphatic hydroxyl groups is 2. The second-order valence-electron chi connectivity index (χ2n) is 6.25. The predicted octanol–water partition coefficient (Wildman–Crippen LogP) is -0.839. The summed E-state index contributed by atoms with van der Waals surface area (Å²) in [6, 6.07) is -1.29. The molecule has 12 heteroatoms. The number of esters is 1. The highest BCUT2D eigenvalue weighted by atomic mass is 32.1. The lowest BCUT2D eigenvalue weighted by molar-refractivity contribution is -0.217. The maximum absolute atomic E-state index is 15.3. The number of nitrogens with two attached hydrogens (primary N) is 1. The van der Waals surface area contributed by atoms with E-state index in [4.69, 9.17) is 25.4 Å². The molecule has 5 N–H and O–H groups in total. The van der Waals surface area contributed by atoms with Crippen molar-refractivity contribution >= 4 is 24.5 Å². The summed E-state index contributed by atoms with van der Waals surface area (Å²) in [5.41, 5.74) is 4.31. The van der Waals surface area contributed by atoms with E-state index in [1.807, 2.05) is 0 Å². The van der Waals surface area contributed by atoms with Crippen LogP contribution in [0.3, 0.4) is 0 Å². The van der Waals surface area contributed by atoms with Gasteiger partial charge in [-0.3, -0.25) is 19.1 Å². The van der Waals surface area contributed by atoms with Gasteiger partial charge in [0.15, 0.2) is 19.1 Å². The molecule has 0 aromatic carbocycles. The SMILES string of the molecule is [2H]C([2H])(OC(=O)[C@@H](N)C(C)C)[C@@]1(F)O[C@@H](n2cc(C=O)c(=S)[nH]c2=O)[C@H](O)[C@@H]1O. The fourth-order valence-electron chi connectivity index (χ4n) is 2.23. The van der Waals surface area contributed by atoms with Crippen molar-refractivity contribution in [3.05, 3.63) is 26.9 Å². The van der Waals surface area contributed by atoms with Crippen molar-refractivity contribution in [1.82, 2.24) is 9.55 Å². The molecule has 150 valence electrons. The molecule has 10 nitrogen and oxygen atoms in total. The average molecular weight is 407 g/mol. The summed E-state index contributed by atoms with van der Waals surface area (Å²) < 4.78 is 40.4. The number of halogens is 1. The summed E-state index contributed by atoms with van der Waals surface area (Å²) in [5, 5.41) is 20.3. The number of hydrogen-bond acceptors (Lipinski definition) is 9. The van der Waals surface area contributed by atoms with Crippen molar-refractivity contribution in [2.45, 2.75) is 44.2 Å². The highest BCUT2D eigenvalue weighted by Gasteiger charge is 2.57. The molecule has 1 saturated heterocycles. The van der Waals surface area contributed by atoms with Gasteiger partial charge in [0.25, 0.3) is 5.85 Å². The second kappa shape index (κ2) is 7.94. The van der Waals surface area contributed by atoms with Crippen LogP contribution in [0.5, 0.6) is 0 Å². The van der Waals surface area contributed by atoms with Crippen LogP contribution >= 0.6 is 12.2 Å². The molecule has 0 unspecified atom stereocenters. The van der Waals surface area contributed by atoms with Crippen LogP contribution < -0.4 is 11.4 Å². The van der Waals surface area contributed by atoms with Crippen LogP contribution in [0.25, 0.3) is 0 Å². The molecule has 1 fully saturated rings. The van der Waals surface area contributed by atoms with Crippen molar-refractivity contribution in [3.63, 3.8) is 0 Å². The van der Waals surface area contributed by atoms with E-state index >= 15 is 4.39 Å². The molecule has 0 bridgehead atoms. The second-order valence-corrected chi connectivity index (χ2v) is 6.66. The van der Waals surface area contributed by atoms with E-state index in [2.05, 4.69) is 9.72 Å². The van der Waals surface area contributed by atoms with Crippen molar-refractivity contribution in [1.29, 1.82) is 0 Å². The Morgan fingerprint density at radius 1 is 1.67 bits per heavy atom. The quantitative estimate of drug-likeness (QED) is 0.268. The van der Waals surface area contributed by atoms with Gasteiger partial charge in [-0.2, -0.15) is 0 Å². The Bertz CT molecular complexity index is 924. The predicted molar refractivity (Wildman–Crippen MR) is 91.0 cm³/mol. The summed E-state index contributed by atoms with van der Waals surface area (Å²) in [6.45, 7) is -0.502. The van der Waals surface area contributed by atoms with Gasteiger partial charge in [-0.25, -0.2) is 9.18 Å². The van der Waals surface area contributed by atoms with Gasteiger partial charge >= 0.3 is 11.7 Å². The minimum absolute atomic E-state index is 0.210. The summed E-state index contributed by atoms with van der Waals surface area (Å²) in [7, 11) is 0. The first kappa shape index (κ1) is 18.4. The Balaban J connectivity index is 2.41. The van der Waals surface area contributed by atoms with Crippen LogP contribution in [0.2, 0.25) is 0 Å². The molecule has 0 saturated carbocycles. The number of aromatic nitrogens is 2. The third kappa shape index (κ3) is 4.14. The highest BCUT2D eigenvalue weighted by molar-refractivity contribution is 7.71. The summed E-state index contributed by atoms with van der Waals surface area (Å²) in [6.07, 6.45) is -5.59. The molecule has 1 aliphatic heterocycles. The van der Waals surface area contributed by atoms with Crippen LogP contribution in [0.1, 0.15) is 33.2 Å². The smallest absolute Gasteiger partial charge is 0.328 e. The van der Waals surface area contributed by atoms with Gasteiger partial charge in [0.05, 0.1) is 8.30 Å². The number of alkyl halides is 1. The minimum Gasteiger partial charge on any atom is -0.458 e. The number of nitrogens with zero attached hydrogens (tertiary/aromatic N) is 1. The molecule has 2 heterocycles. The first-order valence-corrected chi connectivity index (χ1v) is 8.19. The zero-order chi connectivity index (χ0) is 22.3. The number of carbonyl (C=O) groups is 2. The monoisotopic (exact) mass is 407 g/mol. The molecule has 5 atom stereocenters. The van der Waals surface area contributed by atoms with Crippen LogP contribution in [0, 0.1) is 10.6 Å². The Hall–Kier alpha value is -1.99. The summed E-state index contributed by atoms with van der Waals surface area (Å²) >= 11 is 4.77. The number of aliphatic hydroxyl groups excluding tert-OH is 2. The number of nitrogens with one attached hydrogen (secondary N) is 1. The third-order valence-electron chi connectivity index (χ3n) is 3.97. The molecule has 0 aliphatic carbocycles. The Kier molecular flexibility index (Phi) is 5.41. The lowest BCUT2D eigenvalue weighted by atomic mass is 10.1. The lowest BCUT2D eigenvalue weighted by Gasteiger charge is -2.24. The maximum Gasteiger partial charge on any atom is 0.328 e. The van der Waals surface area contributed by atoms with E-state index < -0.39 is 54.5 Å². The maximum atomic E-state index is 15.3. The molecule has 2 rings (SSSR count). The highest BCUT2D eigenvalue weighted by Crippen LogP contribution is 2.38. The number of H-pyrrole nitrogens is 1. The normalized spacial score (nSPS) is 30.6. The van der Waals surface area contributed by atoms with Crippen LogP contribution in [0.4, 0.5) is 4.39 Å². The Morgan fingerprint density at radius 2 is 2.30 bits per heavy atom. The van der Waals surface area contributed by atoms with E-state index in [-0.39, 0.29) is 16.5 Å². The van der Waals surface area contributed by atoms with E-state index in [0.29, 0.717) is 4.57 Å². The lowest BCUT2D eigenvalue weighted by Crippen LogP contribution is -2.46. The third-order valence-corrected chi connectivity index (χ3v) is 4.30. The van der Waals surface area contributed by atoms with E-state index in [1.165, 1.54) is 0 Å². The topological polar surface area (TPSA) is 157 Å². The fourth-order valence-corrected chi connectivity index (χ4v) is 2.42. The van der Waals surface area contributed by atoms with E-state index in [0.717, 1.165) is 6.20 Å². The molecule has 27 heavy (non-hydrogen) atoms. The van der Waals surface area contributed by atoms with E-state index in [9.17, 15) is 24.6 Å². The first-order valence-electron chi connectivity index (χ1n) is 8.78. The number of aldehydes is 1. The largest absolute Gasteiger partial charge is 0.458 e. The zero-order valence-corrected chi connectivity index (χ0v) is 15.1. The van der Waals surface area contributed by atoms with Gasteiger partial charge in [-0.05, 0) is 5.92 Å². The van der Waals surface area contributed by atoms with Gasteiger partial charge in [0.2, 0.25) is 0 Å². The van der Waals surface area contributed by atoms with Crippen molar-refractivity contribution in [2.24, 2.45) is 11.7 Å². The molecular formula is C15H20FN3O7S. The van der Waals surface area contributed by atoms with Crippen LogP contribution in [-0.4, -0.2) is 62.7 Å². The fraction of sp³-hybridized carbons (Fsp3) is 0.600. The average Bonchev–Trinajstić information content (AvgIpc) is 2.86. The summed E-state index contributed by atoms with van der Waals surface area (Å²) in [5.74, 6) is -5.54. The first-order chi connectivity index (χ1) is 13.3. The number of aromatic amines is 1. The van der Waals surface area contributed by atoms with Crippen molar-refractivity contribution in [2.75, 3.05) is 6.56 Å². The van der Waals surface area contributed by atoms with Gasteiger partial charge in [-0.15, -0.1) is 0 Å². The Morgan fingerprint density at radius 3 is 2.85 bits per heavy atom. The zero-order valence-electron chi connectivity index (χ0n) is 16.3. The molecule has 0 spiro atoms. The van der Waals surface area contributed by atoms with Crippen molar-refractivity contribution < 1.29 is 36.4 Å². The van der Waals surface area contributed by atoms with Crippen molar-refractivity contribution in [3.8, 4) is 0 Å². The van der Waals surface area contributed by atoms with Gasteiger partial charge < -0.3 is 25.4 Å². The number of ether oxygens (including phenoxy) is 2. The number of rotatable bonds is 6. The van der Waals surface area contributed by atoms with Crippen LogP contribution in [0.15, 0.2) is 11.0 Å². The van der Waals surface area contributed by atoms with Gasteiger partial charge in [-0.1, -0.05) is 26.1 Å². The molecule has 1 aliphatic rings. The molecule has 1 aromatic rings. The number of carbonyl (C=O) groups excluding carboxylic acids is 2. The molecular weight excluding hydrogens is 385 g/mol. The number of hydrogen-bond donors (Lipinski definition) is 4. The summed E-state index contributed by atoms with van der Waals surface area (Å²) in [4.78, 5) is 37.2. The molecule has 0 radical (unpaired) electrons. The minimum atomic E-state index is -3.77. The van der Waals surface area contributed by atoms with Gasteiger partial charge in [0.1, 0.15) is 22.9 Å². The standard InChI is InChI=1S/C15H20FN3O7S/c1-6(2)8(17)13(23)25-5-15(16)10(22)9(21)12(26-15)19-3-7(4-20)11(27)18-14(19)24/h3-4,6,8-10,12,21-22H,5,17H2,1-2H3,(H,18,24,27)/t8-,9+,10-,12+,15+/m0/s1/i5D2. The Labute approximate surface area is 160 Å². The van der Waals surface area contributed by atoms with E-state index in [1.54, 1.807) is 13.8 Å².